The standard InChI is InChI=1S/C8H12O4/c1-9-6-4-5-12-8(11-3)7(6)10-2/h4-5,8H,1-3H3. The molecule has 68 valence electrons. The van der Waals surface area contributed by atoms with Crippen LogP contribution in [0.2, 0.25) is 0 Å². The van der Waals surface area contributed by atoms with E-state index in [-0.39, 0.29) is 0 Å². The zero-order chi connectivity index (χ0) is 8.97. The zero-order valence-corrected chi connectivity index (χ0v) is 7.37. The van der Waals surface area contributed by atoms with Gasteiger partial charge >= 0.3 is 0 Å². The summed E-state index contributed by atoms with van der Waals surface area (Å²) >= 11 is 0. The van der Waals surface area contributed by atoms with Crippen LogP contribution in [0.15, 0.2) is 23.9 Å². The normalized spacial score (nSPS) is 22.1. The van der Waals surface area contributed by atoms with E-state index in [2.05, 4.69) is 0 Å². The van der Waals surface area contributed by atoms with Crippen molar-refractivity contribution in [3.8, 4) is 0 Å². The number of allylic oxidation sites excluding steroid dienone is 1. The van der Waals surface area contributed by atoms with Gasteiger partial charge in [0.2, 0.25) is 5.76 Å². The second-order valence-corrected chi connectivity index (χ2v) is 2.14. The molecule has 12 heavy (non-hydrogen) atoms. The zero-order valence-electron chi connectivity index (χ0n) is 7.37. The summed E-state index contributed by atoms with van der Waals surface area (Å²) in [4.78, 5) is 0. The lowest BCUT2D eigenvalue weighted by molar-refractivity contribution is -0.0910. The summed E-state index contributed by atoms with van der Waals surface area (Å²) in [6.07, 6.45) is 2.68. The topological polar surface area (TPSA) is 36.9 Å². The first-order valence-electron chi connectivity index (χ1n) is 3.50. The van der Waals surface area contributed by atoms with Gasteiger partial charge < -0.3 is 18.9 Å². The van der Waals surface area contributed by atoms with Crippen molar-refractivity contribution in [3.63, 3.8) is 0 Å². The molecule has 1 unspecified atom stereocenters. The van der Waals surface area contributed by atoms with Crippen LogP contribution >= 0.6 is 0 Å². The third-order valence-corrected chi connectivity index (χ3v) is 1.53. The Morgan fingerprint density at radius 3 is 2.50 bits per heavy atom. The summed E-state index contributed by atoms with van der Waals surface area (Å²) in [5.74, 6) is 1.16. The predicted molar refractivity (Wildman–Crippen MR) is 42.1 cm³/mol. The highest BCUT2D eigenvalue weighted by molar-refractivity contribution is 5.19. The van der Waals surface area contributed by atoms with E-state index in [0.29, 0.717) is 11.5 Å². The lowest BCUT2D eigenvalue weighted by atomic mass is 10.3. The predicted octanol–water partition coefficient (Wildman–Crippen LogP) is 1.01. The number of ether oxygens (including phenoxy) is 4. The third kappa shape index (κ3) is 1.53. The maximum Gasteiger partial charge on any atom is 0.261 e. The van der Waals surface area contributed by atoms with Gasteiger partial charge in [0, 0.05) is 13.2 Å². The van der Waals surface area contributed by atoms with Crippen LogP contribution in [0.25, 0.3) is 0 Å². The van der Waals surface area contributed by atoms with Crippen molar-refractivity contribution in [1.82, 2.24) is 0 Å². The van der Waals surface area contributed by atoms with E-state index in [9.17, 15) is 0 Å². The van der Waals surface area contributed by atoms with E-state index in [0.717, 1.165) is 0 Å². The van der Waals surface area contributed by atoms with E-state index in [1.807, 2.05) is 0 Å². The molecule has 0 amide bonds. The van der Waals surface area contributed by atoms with Crippen molar-refractivity contribution in [2.75, 3.05) is 21.3 Å². The van der Waals surface area contributed by atoms with Crippen LogP contribution in [0.3, 0.4) is 0 Å². The molecule has 0 fully saturated rings. The van der Waals surface area contributed by atoms with Crippen LogP contribution < -0.4 is 0 Å². The number of rotatable bonds is 3. The minimum absolute atomic E-state index is 0.505. The Balaban J connectivity index is 2.85. The summed E-state index contributed by atoms with van der Waals surface area (Å²) in [6.45, 7) is 0. The highest BCUT2D eigenvalue weighted by Crippen LogP contribution is 2.20. The van der Waals surface area contributed by atoms with Crippen molar-refractivity contribution in [1.29, 1.82) is 0 Å². The van der Waals surface area contributed by atoms with Gasteiger partial charge in [-0.1, -0.05) is 0 Å². The molecule has 4 heteroatoms. The first-order chi connectivity index (χ1) is 5.83. The molecular weight excluding hydrogens is 160 g/mol. The van der Waals surface area contributed by atoms with Crippen molar-refractivity contribution in [2.45, 2.75) is 6.29 Å². The number of hydrogen-bond donors (Lipinski definition) is 0. The summed E-state index contributed by atoms with van der Waals surface area (Å²) < 4.78 is 20.2. The average Bonchev–Trinajstić information content (AvgIpc) is 2.16. The van der Waals surface area contributed by atoms with Crippen LogP contribution in [0.1, 0.15) is 0 Å². The molecule has 0 bridgehead atoms. The fraction of sp³-hybridized carbons (Fsp3) is 0.500. The maximum absolute atomic E-state index is 5.10. The molecule has 0 aromatic heterocycles. The number of methoxy groups -OCH3 is 3. The highest BCUT2D eigenvalue weighted by atomic mass is 16.7. The Kier molecular flexibility index (Phi) is 2.99. The Labute approximate surface area is 71.4 Å². The lowest BCUT2D eigenvalue weighted by Gasteiger charge is -2.21. The van der Waals surface area contributed by atoms with Crippen molar-refractivity contribution < 1.29 is 18.9 Å². The summed E-state index contributed by atoms with van der Waals surface area (Å²) in [6, 6.07) is 0. The van der Waals surface area contributed by atoms with Crippen molar-refractivity contribution in [2.24, 2.45) is 0 Å². The molecule has 4 nitrogen and oxygen atoms in total. The van der Waals surface area contributed by atoms with Crippen molar-refractivity contribution in [3.05, 3.63) is 23.9 Å². The van der Waals surface area contributed by atoms with Gasteiger partial charge in [-0.05, 0) is 0 Å². The van der Waals surface area contributed by atoms with E-state index in [1.165, 1.54) is 13.4 Å². The molecule has 1 rings (SSSR count). The fourth-order valence-electron chi connectivity index (χ4n) is 0.961. The Morgan fingerprint density at radius 2 is 2.00 bits per heavy atom. The molecule has 0 saturated heterocycles. The smallest absolute Gasteiger partial charge is 0.261 e. The first kappa shape index (κ1) is 8.93. The number of hydrogen-bond acceptors (Lipinski definition) is 4. The highest BCUT2D eigenvalue weighted by Gasteiger charge is 2.22. The monoisotopic (exact) mass is 172 g/mol. The SMILES string of the molecule is COC1=C(OC)C(OC)OC=C1. The quantitative estimate of drug-likeness (QED) is 0.636. The molecule has 0 aromatic rings. The van der Waals surface area contributed by atoms with Gasteiger partial charge in [0.1, 0.15) is 0 Å². The van der Waals surface area contributed by atoms with E-state index < -0.39 is 6.29 Å². The van der Waals surface area contributed by atoms with Gasteiger partial charge in [-0.25, -0.2) is 0 Å². The molecule has 1 aliphatic heterocycles. The lowest BCUT2D eigenvalue weighted by Crippen LogP contribution is -2.21. The van der Waals surface area contributed by atoms with E-state index in [1.54, 1.807) is 20.3 Å². The van der Waals surface area contributed by atoms with E-state index >= 15 is 0 Å². The third-order valence-electron chi connectivity index (χ3n) is 1.53. The van der Waals surface area contributed by atoms with Gasteiger partial charge in [0.15, 0.2) is 5.76 Å². The van der Waals surface area contributed by atoms with Crippen LogP contribution in [0.4, 0.5) is 0 Å². The minimum atomic E-state index is -0.505. The molecule has 0 aliphatic carbocycles. The van der Waals surface area contributed by atoms with Crippen LogP contribution in [0.5, 0.6) is 0 Å². The molecule has 0 saturated carbocycles. The molecule has 0 aromatic carbocycles. The van der Waals surface area contributed by atoms with Gasteiger partial charge in [-0.15, -0.1) is 0 Å². The molecule has 0 N–H and O–H groups in total. The molecular formula is C8H12O4. The van der Waals surface area contributed by atoms with Crippen LogP contribution in [-0.4, -0.2) is 27.6 Å². The second kappa shape index (κ2) is 4.01. The Bertz CT molecular complexity index is 207. The van der Waals surface area contributed by atoms with Crippen LogP contribution in [0, 0.1) is 0 Å². The Morgan fingerprint density at radius 1 is 1.25 bits per heavy atom. The minimum Gasteiger partial charge on any atom is -0.493 e. The average molecular weight is 172 g/mol. The molecule has 0 radical (unpaired) electrons. The summed E-state index contributed by atoms with van der Waals surface area (Å²) in [5, 5.41) is 0. The fourth-order valence-corrected chi connectivity index (χ4v) is 0.961. The van der Waals surface area contributed by atoms with Gasteiger partial charge in [-0.3, -0.25) is 0 Å². The van der Waals surface area contributed by atoms with E-state index in [4.69, 9.17) is 18.9 Å². The van der Waals surface area contributed by atoms with Gasteiger partial charge in [-0.2, -0.15) is 0 Å². The second-order valence-electron chi connectivity index (χ2n) is 2.14. The van der Waals surface area contributed by atoms with Gasteiger partial charge in [0.05, 0.1) is 20.5 Å². The summed E-state index contributed by atoms with van der Waals surface area (Å²) in [7, 11) is 4.65. The molecule has 1 heterocycles. The molecule has 0 spiro atoms. The van der Waals surface area contributed by atoms with Crippen LogP contribution in [-0.2, 0) is 18.9 Å². The molecule has 1 aliphatic rings. The summed E-state index contributed by atoms with van der Waals surface area (Å²) in [5.41, 5.74) is 0. The Hall–Kier alpha value is -1.16. The largest absolute Gasteiger partial charge is 0.493 e. The first-order valence-corrected chi connectivity index (χ1v) is 3.50. The maximum atomic E-state index is 5.10. The molecule has 1 atom stereocenters. The van der Waals surface area contributed by atoms with Gasteiger partial charge in [0.25, 0.3) is 6.29 Å². The van der Waals surface area contributed by atoms with Crippen molar-refractivity contribution >= 4 is 0 Å².